The molecule has 0 saturated heterocycles. The van der Waals surface area contributed by atoms with Gasteiger partial charge in [0.15, 0.2) is 0 Å². The van der Waals surface area contributed by atoms with Crippen LogP contribution < -0.4 is 10.9 Å². The summed E-state index contributed by atoms with van der Waals surface area (Å²) in [6.07, 6.45) is 11.7. The van der Waals surface area contributed by atoms with E-state index in [1.807, 2.05) is 6.92 Å². The first-order valence-corrected chi connectivity index (χ1v) is 15.3. The maximum atomic E-state index is 13.4. The van der Waals surface area contributed by atoms with E-state index in [1.165, 1.54) is 37.7 Å². The first-order chi connectivity index (χ1) is 18.4. The first kappa shape index (κ1) is 24.8. The smallest absolute Gasteiger partial charge is 0.261 e. The van der Waals surface area contributed by atoms with Gasteiger partial charge in [-0.3, -0.25) is 18.6 Å². The number of benzene rings is 1. The van der Waals surface area contributed by atoms with Gasteiger partial charge in [0, 0.05) is 49.7 Å². The van der Waals surface area contributed by atoms with Crippen molar-refractivity contribution >= 4 is 38.1 Å². The molecule has 2 aliphatic carbocycles. The van der Waals surface area contributed by atoms with Crippen LogP contribution in [0.4, 0.5) is 11.6 Å². The molecule has 1 atom stereocenters. The van der Waals surface area contributed by atoms with E-state index >= 15 is 0 Å². The fraction of sp³-hybridized carbons (Fsp3) is 0.367. The number of fused-ring (bicyclic) bond motifs is 1. The highest BCUT2D eigenvalue weighted by atomic mass is 32.2. The fourth-order valence-corrected chi connectivity index (χ4v) is 7.30. The van der Waals surface area contributed by atoms with Gasteiger partial charge in [0.2, 0.25) is 5.95 Å². The second-order valence-corrected chi connectivity index (χ2v) is 13.1. The van der Waals surface area contributed by atoms with Crippen LogP contribution in [0.5, 0.6) is 0 Å². The summed E-state index contributed by atoms with van der Waals surface area (Å²) in [7, 11) is -2.33. The van der Waals surface area contributed by atoms with Crippen LogP contribution in [0.25, 0.3) is 22.3 Å². The predicted octanol–water partition coefficient (Wildman–Crippen LogP) is 5.90. The number of hydrogen-bond donors (Lipinski definition) is 1. The lowest BCUT2D eigenvalue weighted by Gasteiger charge is -2.22. The van der Waals surface area contributed by atoms with Crippen LogP contribution in [0.15, 0.2) is 64.5 Å². The fourth-order valence-electron chi connectivity index (χ4n) is 5.48. The molecule has 4 aromatic rings. The van der Waals surface area contributed by atoms with Gasteiger partial charge in [0.1, 0.15) is 5.65 Å². The van der Waals surface area contributed by atoms with Gasteiger partial charge in [-0.25, -0.2) is 4.98 Å². The van der Waals surface area contributed by atoms with E-state index in [-0.39, 0.29) is 10.8 Å². The van der Waals surface area contributed by atoms with Crippen molar-refractivity contribution in [1.82, 2.24) is 19.5 Å². The second kappa shape index (κ2) is 9.98. The molecule has 2 aliphatic rings. The SMILES string of the molecule is C=S(=O)(c1ccc(-c2cc3cnc(Nc4ccc(C5CCCCC5)cc4)nc3n(CC)c2=O)nc1)C1CC1. The lowest BCUT2D eigenvalue weighted by atomic mass is 9.84. The van der Waals surface area contributed by atoms with Gasteiger partial charge in [-0.1, -0.05) is 31.4 Å². The summed E-state index contributed by atoms with van der Waals surface area (Å²) in [5.41, 5.74) is 3.73. The Kier molecular flexibility index (Phi) is 6.51. The highest BCUT2D eigenvalue weighted by molar-refractivity contribution is 8.01. The van der Waals surface area contributed by atoms with E-state index in [0.717, 1.165) is 23.9 Å². The van der Waals surface area contributed by atoms with E-state index in [4.69, 9.17) is 4.98 Å². The first-order valence-electron chi connectivity index (χ1n) is 13.5. The molecule has 1 unspecified atom stereocenters. The minimum atomic E-state index is -2.33. The normalized spacial score (nSPS) is 17.8. The molecule has 38 heavy (non-hydrogen) atoms. The van der Waals surface area contributed by atoms with Crippen LogP contribution in [-0.4, -0.2) is 34.8 Å². The van der Waals surface area contributed by atoms with Crippen LogP contribution in [0.2, 0.25) is 0 Å². The molecule has 1 aromatic carbocycles. The average molecular weight is 528 g/mol. The molecule has 8 heteroatoms. The Morgan fingerprint density at radius 2 is 1.76 bits per heavy atom. The van der Waals surface area contributed by atoms with E-state index in [0.29, 0.717) is 40.2 Å². The lowest BCUT2D eigenvalue weighted by molar-refractivity contribution is 0.443. The highest BCUT2D eigenvalue weighted by Gasteiger charge is 2.32. The minimum Gasteiger partial charge on any atom is -0.324 e. The van der Waals surface area contributed by atoms with Gasteiger partial charge < -0.3 is 5.32 Å². The molecular formula is C30H33N5O2S. The molecule has 0 aliphatic heterocycles. The zero-order chi connectivity index (χ0) is 26.3. The summed E-state index contributed by atoms with van der Waals surface area (Å²) < 4.78 is 14.6. The standard InChI is InChI=1S/C30H33N5O2S/c1-3-35-28-22(17-26(29(35)36)27-16-15-25(19-31-27)38(2,37)24-13-14-24)18-32-30(34-28)33-23-11-9-21(10-12-23)20-7-5-4-6-8-20/h9-12,15-20,24H,2-8,13-14H2,1H3,(H,32,33,34). The van der Waals surface area contributed by atoms with Crippen LogP contribution in [-0.2, 0) is 16.1 Å². The van der Waals surface area contributed by atoms with Gasteiger partial charge in [0.05, 0.1) is 11.3 Å². The van der Waals surface area contributed by atoms with Crippen molar-refractivity contribution in [3.63, 3.8) is 0 Å². The summed E-state index contributed by atoms with van der Waals surface area (Å²) in [5.74, 6) is 5.06. The minimum absolute atomic E-state index is 0.142. The Hall–Kier alpha value is -3.52. The van der Waals surface area contributed by atoms with Crippen molar-refractivity contribution in [3.8, 4) is 11.3 Å². The van der Waals surface area contributed by atoms with E-state index in [1.54, 1.807) is 35.2 Å². The number of anilines is 2. The Labute approximate surface area is 223 Å². The average Bonchev–Trinajstić information content (AvgIpc) is 3.81. The maximum Gasteiger partial charge on any atom is 0.261 e. The summed E-state index contributed by atoms with van der Waals surface area (Å²) in [4.78, 5) is 27.8. The van der Waals surface area contributed by atoms with E-state index < -0.39 is 9.52 Å². The summed E-state index contributed by atoms with van der Waals surface area (Å²) in [6, 6.07) is 13.9. The molecule has 3 aromatic heterocycles. The Balaban J connectivity index is 1.28. The molecule has 0 amide bonds. The summed E-state index contributed by atoms with van der Waals surface area (Å²) in [6.45, 7) is 2.38. The van der Waals surface area contributed by atoms with Gasteiger partial charge in [-0.2, -0.15) is 4.98 Å². The van der Waals surface area contributed by atoms with E-state index in [2.05, 4.69) is 45.4 Å². The molecule has 2 fully saturated rings. The van der Waals surface area contributed by atoms with Crippen molar-refractivity contribution in [2.24, 2.45) is 0 Å². The zero-order valence-electron chi connectivity index (χ0n) is 21.7. The number of pyridine rings is 2. The molecule has 0 bridgehead atoms. The van der Waals surface area contributed by atoms with Crippen LogP contribution in [0.1, 0.15) is 63.4 Å². The van der Waals surface area contributed by atoms with Crippen molar-refractivity contribution in [2.45, 2.75) is 74.5 Å². The zero-order valence-corrected chi connectivity index (χ0v) is 22.5. The quantitative estimate of drug-likeness (QED) is 0.301. The Morgan fingerprint density at radius 1 is 1.00 bits per heavy atom. The van der Waals surface area contributed by atoms with E-state index in [9.17, 15) is 9.00 Å². The molecule has 0 radical (unpaired) electrons. The van der Waals surface area contributed by atoms with Gasteiger partial charge in [-0.05, 0) is 80.3 Å². The second-order valence-electron chi connectivity index (χ2n) is 10.5. The largest absolute Gasteiger partial charge is 0.324 e. The Bertz CT molecular complexity index is 1630. The third-order valence-corrected chi connectivity index (χ3v) is 10.4. The van der Waals surface area contributed by atoms with Crippen LogP contribution in [0, 0.1) is 0 Å². The molecule has 3 heterocycles. The molecular weight excluding hydrogens is 494 g/mol. The molecule has 196 valence electrons. The molecule has 6 rings (SSSR count). The van der Waals surface area contributed by atoms with Crippen molar-refractivity contribution in [1.29, 1.82) is 0 Å². The molecule has 1 N–H and O–H groups in total. The third kappa shape index (κ3) is 4.73. The van der Waals surface area contributed by atoms with Crippen molar-refractivity contribution in [3.05, 3.63) is 70.8 Å². The molecule has 2 saturated carbocycles. The van der Waals surface area contributed by atoms with Crippen molar-refractivity contribution in [2.75, 3.05) is 5.32 Å². The number of hydrogen-bond acceptors (Lipinski definition) is 6. The monoisotopic (exact) mass is 527 g/mol. The maximum absolute atomic E-state index is 13.4. The lowest BCUT2D eigenvalue weighted by Crippen LogP contribution is -2.22. The highest BCUT2D eigenvalue weighted by Crippen LogP contribution is 2.34. The van der Waals surface area contributed by atoms with Gasteiger partial charge in [-0.15, -0.1) is 0 Å². The Morgan fingerprint density at radius 3 is 2.42 bits per heavy atom. The number of nitrogens with zero attached hydrogens (tertiary/aromatic N) is 4. The van der Waals surface area contributed by atoms with Gasteiger partial charge >= 0.3 is 0 Å². The molecule has 0 spiro atoms. The number of rotatable bonds is 7. The predicted molar refractivity (Wildman–Crippen MR) is 155 cm³/mol. The summed E-state index contributed by atoms with van der Waals surface area (Å²) >= 11 is 0. The number of aryl methyl sites for hydroxylation is 1. The topological polar surface area (TPSA) is 89.8 Å². The third-order valence-electron chi connectivity index (χ3n) is 7.86. The number of nitrogens with one attached hydrogen (secondary N) is 1. The van der Waals surface area contributed by atoms with Crippen LogP contribution >= 0.6 is 0 Å². The van der Waals surface area contributed by atoms with Crippen LogP contribution in [0.3, 0.4) is 0 Å². The van der Waals surface area contributed by atoms with Crippen molar-refractivity contribution < 1.29 is 4.21 Å². The van der Waals surface area contributed by atoms with Gasteiger partial charge in [0.25, 0.3) is 5.56 Å². The number of aromatic nitrogens is 4. The molecule has 7 nitrogen and oxygen atoms in total. The summed E-state index contributed by atoms with van der Waals surface area (Å²) in [5, 5.41) is 4.19.